The summed E-state index contributed by atoms with van der Waals surface area (Å²) in [6.45, 7) is 2.15. The topological polar surface area (TPSA) is 72.2 Å². The van der Waals surface area contributed by atoms with Crippen LogP contribution in [0, 0.1) is 5.92 Å². The molecule has 0 aromatic heterocycles. The third-order valence-corrected chi connectivity index (χ3v) is 3.97. The molecule has 110 valence electrons. The maximum absolute atomic E-state index is 11.9. The Balaban J connectivity index is 2.26. The quantitative estimate of drug-likeness (QED) is 0.631. The van der Waals surface area contributed by atoms with Crippen LogP contribution in [0.4, 0.5) is 0 Å². The average Bonchev–Trinajstić information content (AvgIpc) is 2.85. The molecule has 1 aliphatic carbocycles. The van der Waals surface area contributed by atoms with Gasteiger partial charge < -0.3 is 11.1 Å². The van der Waals surface area contributed by atoms with Crippen LogP contribution in [-0.4, -0.2) is 17.9 Å². The van der Waals surface area contributed by atoms with Gasteiger partial charge in [0.1, 0.15) is 6.04 Å². The maximum Gasteiger partial charge on any atom is 0.239 e. The molecule has 0 radical (unpaired) electrons. The van der Waals surface area contributed by atoms with E-state index in [0.717, 1.165) is 32.1 Å². The van der Waals surface area contributed by atoms with Gasteiger partial charge >= 0.3 is 0 Å². The lowest BCUT2D eigenvalue weighted by Gasteiger charge is -2.17. The fourth-order valence-electron chi connectivity index (χ4n) is 2.79. The Bertz CT molecular complexity index is 286. The van der Waals surface area contributed by atoms with E-state index in [0.29, 0.717) is 18.8 Å². The number of carbonyl (C=O) groups is 2. The summed E-state index contributed by atoms with van der Waals surface area (Å²) in [7, 11) is 0. The van der Waals surface area contributed by atoms with E-state index in [1.54, 1.807) is 0 Å². The van der Waals surface area contributed by atoms with Gasteiger partial charge in [0.05, 0.1) is 0 Å². The molecular formula is C15H28N2O2. The molecular weight excluding hydrogens is 240 g/mol. The molecule has 0 spiro atoms. The van der Waals surface area contributed by atoms with E-state index in [1.807, 2.05) is 0 Å². The maximum atomic E-state index is 11.9. The first-order valence-corrected chi connectivity index (χ1v) is 7.72. The number of carbonyl (C=O) groups excluding carboxylic acids is 2. The van der Waals surface area contributed by atoms with Crippen molar-refractivity contribution in [1.82, 2.24) is 5.32 Å². The largest absolute Gasteiger partial charge is 0.368 e. The van der Waals surface area contributed by atoms with Gasteiger partial charge in [-0.2, -0.15) is 0 Å². The van der Waals surface area contributed by atoms with E-state index >= 15 is 0 Å². The van der Waals surface area contributed by atoms with Crippen LogP contribution in [0.3, 0.4) is 0 Å². The average molecular weight is 268 g/mol. The van der Waals surface area contributed by atoms with Crippen molar-refractivity contribution in [2.24, 2.45) is 11.7 Å². The minimum Gasteiger partial charge on any atom is -0.368 e. The van der Waals surface area contributed by atoms with Gasteiger partial charge in [0.15, 0.2) is 0 Å². The first-order valence-electron chi connectivity index (χ1n) is 7.72. The molecule has 2 amide bonds. The van der Waals surface area contributed by atoms with E-state index in [4.69, 9.17) is 5.73 Å². The van der Waals surface area contributed by atoms with E-state index < -0.39 is 11.9 Å². The van der Waals surface area contributed by atoms with Crippen LogP contribution in [0.1, 0.15) is 71.1 Å². The van der Waals surface area contributed by atoms with Crippen molar-refractivity contribution in [3.05, 3.63) is 0 Å². The summed E-state index contributed by atoms with van der Waals surface area (Å²) < 4.78 is 0. The molecule has 0 saturated heterocycles. The number of hydrogen-bond donors (Lipinski definition) is 2. The number of nitrogens with two attached hydrogens (primary N) is 1. The van der Waals surface area contributed by atoms with Gasteiger partial charge in [0.25, 0.3) is 0 Å². The zero-order valence-corrected chi connectivity index (χ0v) is 12.1. The van der Waals surface area contributed by atoms with E-state index in [2.05, 4.69) is 12.2 Å². The molecule has 1 saturated carbocycles. The minimum atomic E-state index is -0.481. The first-order chi connectivity index (χ1) is 9.13. The Hall–Kier alpha value is -1.06. The first kappa shape index (κ1) is 16.0. The molecule has 3 N–H and O–H groups in total. The molecule has 4 heteroatoms. The molecule has 0 unspecified atom stereocenters. The smallest absolute Gasteiger partial charge is 0.239 e. The van der Waals surface area contributed by atoms with Gasteiger partial charge in [0, 0.05) is 6.42 Å². The molecule has 1 fully saturated rings. The van der Waals surface area contributed by atoms with E-state index in [9.17, 15) is 9.59 Å². The zero-order valence-electron chi connectivity index (χ0n) is 12.1. The van der Waals surface area contributed by atoms with Crippen molar-refractivity contribution in [3.63, 3.8) is 0 Å². The highest BCUT2D eigenvalue weighted by Gasteiger charge is 2.22. The fourth-order valence-corrected chi connectivity index (χ4v) is 2.79. The van der Waals surface area contributed by atoms with Crippen LogP contribution >= 0.6 is 0 Å². The summed E-state index contributed by atoms with van der Waals surface area (Å²) in [6, 6.07) is -0.481. The Labute approximate surface area is 116 Å². The summed E-state index contributed by atoms with van der Waals surface area (Å²) in [5.74, 6) is 0.0936. The standard InChI is InChI=1S/C15H28N2O2/c1-2-3-4-5-10-13(15(16)19)17-14(18)11-12-8-6-7-9-12/h12-13H,2-11H2,1H3,(H2,16,19)(H,17,18)/t13-/m1/s1. The van der Waals surface area contributed by atoms with Gasteiger partial charge in [-0.25, -0.2) is 0 Å². The fraction of sp³-hybridized carbons (Fsp3) is 0.867. The molecule has 19 heavy (non-hydrogen) atoms. The Morgan fingerprint density at radius 1 is 1.21 bits per heavy atom. The second kappa shape index (κ2) is 8.94. The van der Waals surface area contributed by atoms with Crippen LogP contribution in [0.25, 0.3) is 0 Å². The van der Waals surface area contributed by atoms with Crippen LogP contribution in [0.15, 0.2) is 0 Å². The molecule has 1 atom stereocenters. The van der Waals surface area contributed by atoms with Crippen molar-refractivity contribution in [2.45, 2.75) is 77.2 Å². The predicted molar refractivity (Wildman–Crippen MR) is 76.5 cm³/mol. The van der Waals surface area contributed by atoms with Gasteiger partial charge in [0.2, 0.25) is 11.8 Å². The minimum absolute atomic E-state index is 0.00816. The highest BCUT2D eigenvalue weighted by Crippen LogP contribution is 2.27. The van der Waals surface area contributed by atoms with Crippen LogP contribution in [-0.2, 0) is 9.59 Å². The highest BCUT2D eigenvalue weighted by molar-refractivity contribution is 5.86. The van der Waals surface area contributed by atoms with Gasteiger partial charge in [-0.3, -0.25) is 9.59 Å². The summed E-state index contributed by atoms with van der Waals surface area (Å²) in [5, 5.41) is 2.81. The zero-order chi connectivity index (χ0) is 14.1. The number of primary amides is 1. The van der Waals surface area contributed by atoms with Gasteiger partial charge in [-0.15, -0.1) is 0 Å². The molecule has 4 nitrogen and oxygen atoms in total. The van der Waals surface area contributed by atoms with Gasteiger partial charge in [-0.05, 0) is 25.2 Å². The molecule has 0 aliphatic heterocycles. The summed E-state index contributed by atoms with van der Waals surface area (Å²) in [5.41, 5.74) is 5.35. The summed E-state index contributed by atoms with van der Waals surface area (Å²) >= 11 is 0. The highest BCUT2D eigenvalue weighted by atomic mass is 16.2. The van der Waals surface area contributed by atoms with Crippen molar-refractivity contribution in [2.75, 3.05) is 0 Å². The number of unbranched alkanes of at least 4 members (excludes halogenated alkanes) is 3. The molecule has 1 rings (SSSR count). The number of amides is 2. The lowest BCUT2D eigenvalue weighted by atomic mass is 10.0. The normalized spacial score (nSPS) is 17.3. The Kier molecular flexibility index (Phi) is 7.53. The van der Waals surface area contributed by atoms with Crippen LogP contribution < -0.4 is 11.1 Å². The second-order valence-corrected chi connectivity index (χ2v) is 5.73. The molecule has 0 aromatic rings. The van der Waals surface area contributed by atoms with E-state index in [-0.39, 0.29) is 5.91 Å². The third kappa shape index (κ3) is 6.60. The Morgan fingerprint density at radius 3 is 2.47 bits per heavy atom. The predicted octanol–water partition coefficient (Wildman–Crippen LogP) is 2.51. The number of nitrogens with one attached hydrogen (secondary N) is 1. The summed E-state index contributed by atoms with van der Waals surface area (Å²) in [6.07, 6.45) is 10.4. The molecule has 1 aliphatic rings. The Morgan fingerprint density at radius 2 is 1.89 bits per heavy atom. The number of hydrogen-bond acceptors (Lipinski definition) is 2. The van der Waals surface area contributed by atoms with Crippen molar-refractivity contribution < 1.29 is 9.59 Å². The lowest BCUT2D eigenvalue weighted by molar-refractivity contribution is -0.128. The van der Waals surface area contributed by atoms with Crippen molar-refractivity contribution in [3.8, 4) is 0 Å². The molecule has 0 heterocycles. The monoisotopic (exact) mass is 268 g/mol. The molecule has 0 aromatic carbocycles. The summed E-state index contributed by atoms with van der Waals surface area (Å²) in [4.78, 5) is 23.2. The second-order valence-electron chi connectivity index (χ2n) is 5.73. The van der Waals surface area contributed by atoms with Crippen LogP contribution in [0.2, 0.25) is 0 Å². The van der Waals surface area contributed by atoms with E-state index in [1.165, 1.54) is 19.3 Å². The van der Waals surface area contributed by atoms with Crippen molar-refractivity contribution >= 4 is 11.8 Å². The lowest BCUT2D eigenvalue weighted by Crippen LogP contribution is -2.44. The van der Waals surface area contributed by atoms with Gasteiger partial charge in [-0.1, -0.05) is 45.4 Å². The number of rotatable bonds is 9. The third-order valence-electron chi connectivity index (χ3n) is 3.97. The SMILES string of the molecule is CCCCCC[C@@H](NC(=O)CC1CCCC1)C(N)=O. The molecule has 0 bridgehead atoms. The van der Waals surface area contributed by atoms with Crippen LogP contribution in [0.5, 0.6) is 0 Å². The van der Waals surface area contributed by atoms with Crippen molar-refractivity contribution in [1.29, 1.82) is 0 Å².